The second-order valence-electron chi connectivity index (χ2n) is 7.51. The molecule has 2 atom stereocenters. The zero-order chi connectivity index (χ0) is 18.9. The number of nitrogens with zero attached hydrogens (tertiary/aromatic N) is 2. The van der Waals surface area contributed by atoms with Crippen LogP contribution >= 0.6 is 0 Å². The summed E-state index contributed by atoms with van der Waals surface area (Å²) in [4.78, 5) is 40.0. The van der Waals surface area contributed by atoms with E-state index in [1.165, 1.54) is 0 Å². The second-order valence-corrected chi connectivity index (χ2v) is 7.51. The molecule has 0 saturated carbocycles. The summed E-state index contributed by atoms with van der Waals surface area (Å²) in [6.07, 6.45) is 2.15. The molecule has 4 rings (SSSR count). The number of fused-ring (bicyclic) bond motifs is 1. The van der Waals surface area contributed by atoms with Gasteiger partial charge in [0, 0.05) is 39.0 Å². The van der Waals surface area contributed by atoms with Gasteiger partial charge in [0.25, 0.3) is 0 Å². The molecule has 0 bridgehead atoms. The van der Waals surface area contributed by atoms with Crippen LogP contribution in [0.1, 0.15) is 31.2 Å². The molecule has 3 heterocycles. The van der Waals surface area contributed by atoms with Gasteiger partial charge in [-0.05, 0) is 18.4 Å². The lowest BCUT2D eigenvalue weighted by molar-refractivity contribution is -0.157. The van der Waals surface area contributed by atoms with Gasteiger partial charge in [-0.3, -0.25) is 14.4 Å². The van der Waals surface area contributed by atoms with Gasteiger partial charge in [-0.1, -0.05) is 30.3 Å². The number of morpholine rings is 1. The molecule has 27 heavy (non-hydrogen) atoms. The Morgan fingerprint density at radius 1 is 1.22 bits per heavy atom. The number of nitrogens with one attached hydrogen (secondary N) is 1. The highest BCUT2D eigenvalue weighted by molar-refractivity contribution is 5.81. The third kappa shape index (κ3) is 3.43. The van der Waals surface area contributed by atoms with Crippen LogP contribution in [-0.2, 0) is 24.7 Å². The van der Waals surface area contributed by atoms with E-state index in [9.17, 15) is 14.4 Å². The summed E-state index contributed by atoms with van der Waals surface area (Å²) in [6.45, 7) is 2.26. The molecule has 7 heteroatoms. The van der Waals surface area contributed by atoms with Gasteiger partial charge in [0.1, 0.15) is 12.7 Å². The van der Waals surface area contributed by atoms with Crippen molar-refractivity contribution in [3.63, 3.8) is 0 Å². The van der Waals surface area contributed by atoms with E-state index < -0.39 is 5.54 Å². The average molecular weight is 371 g/mol. The molecule has 3 fully saturated rings. The Kier molecular flexibility index (Phi) is 4.86. The van der Waals surface area contributed by atoms with Crippen molar-refractivity contribution < 1.29 is 19.1 Å². The highest BCUT2D eigenvalue weighted by Crippen LogP contribution is 2.37. The summed E-state index contributed by atoms with van der Waals surface area (Å²) < 4.78 is 5.86. The van der Waals surface area contributed by atoms with Gasteiger partial charge in [0.2, 0.25) is 17.7 Å². The number of rotatable bonds is 4. The first-order valence-corrected chi connectivity index (χ1v) is 9.62. The van der Waals surface area contributed by atoms with Crippen LogP contribution in [0.3, 0.4) is 0 Å². The maximum Gasteiger partial charge on any atom is 0.246 e. The first-order chi connectivity index (χ1) is 13.1. The predicted molar refractivity (Wildman–Crippen MR) is 97.6 cm³/mol. The maximum atomic E-state index is 12.7. The highest BCUT2D eigenvalue weighted by Gasteiger charge is 2.49. The molecule has 144 valence electrons. The molecule has 0 unspecified atom stereocenters. The largest absolute Gasteiger partial charge is 0.364 e. The van der Waals surface area contributed by atoms with Crippen LogP contribution < -0.4 is 5.32 Å². The topological polar surface area (TPSA) is 79.0 Å². The minimum absolute atomic E-state index is 0.0174. The first kappa shape index (κ1) is 18.0. The summed E-state index contributed by atoms with van der Waals surface area (Å²) in [5, 5.41) is 3.14. The van der Waals surface area contributed by atoms with E-state index in [2.05, 4.69) is 5.32 Å². The fourth-order valence-electron chi connectivity index (χ4n) is 4.41. The number of hydrogen-bond donors (Lipinski definition) is 1. The van der Waals surface area contributed by atoms with Crippen molar-refractivity contribution in [2.45, 2.75) is 37.3 Å². The van der Waals surface area contributed by atoms with Crippen LogP contribution in [0, 0.1) is 0 Å². The lowest BCUT2D eigenvalue weighted by Gasteiger charge is -2.50. The smallest absolute Gasteiger partial charge is 0.246 e. The lowest BCUT2D eigenvalue weighted by atomic mass is 9.77. The lowest BCUT2D eigenvalue weighted by Crippen LogP contribution is -2.67. The Hall–Kier alpha value is -2.41. The van der Waals surface area contributed by atoms with Crippen molar-refractivity contribution in [1.29, 1.82) is 0 Å². The van der Waals surface area contributed by atoms with Gasteiger partial charge in [-0.25, -0.2) is 0 Å². The van der Waals surface area contributed by atoms with Gasteiger partial charge in [-0.2, -0.15) is 0 Å². The number of amides is 3. The van der Waals surface area contributed by atoms with Crippen LogP contribution in [0.5, 0.6) is 0 Å². The van der Waals surface area contributed by atoms with Crippen LogP contribution in [0.4, 0.5) is 0 Å². The fraction of sp³-hybridized carbons (Fsp3) is 0.550. The molecule has 3 saturated heterocycles. The van der Waals surface area contributed by atoms with E-state index in [0.717, 1.165) is 18.5 Å². The summed E-state index contributed by atoms with van der Waals surface area (Å²) in [6, 6.07) is 9.84. The molecule has 1 aromatic rings. The molecule has 0 spiro atoms. The SMILES string of the molecule is O=C1CO[C@@H]2CN(C(=O)CCN3CCCC3=O)CC[C@@]2(c2ccccc2)N1. The van der Waals surface area contributed by atoms with Gasteiger partial charge in [0.15, 0.2) is 0 Å². The number of hydrogen-bond acceptors (Lipinski definition) is 4. The maximum absolute atomic E-state index is 12.7. The van der Waals surface area contributed by atoms with Crippen molar-refractivity contribution in [3.05, 3.63) is 35.9 Å². The molecule has 3 aliphatic rings. The average Bonchev–Trinajstić information content (AvgIpc) is 3.11. The fourth-order valence-corrected chi connectivity index (χ4v) is 4.41. The van der Waals surface area contributed by atoms with Crippen molar-refractivity contribution in [2.24, 2.45) is 0 Å². The van der Waals surface area contributed by atoms with E-state index in [4.69, 9.17) is 4.74 Å². The Balaban J connectivity index is 1.44. The molecule has 1 aromatic carbocycles. The van der Waals surface area contributed by atoms with Crippen LogP contribution in [-0.4, -0.2) is 66.4 Å². The van der Waals surface area contributed by atoms with Gasteiger partial charge >= 0.3 is 0 Å². The number of likely N-dealkylation sites (tertiary alicyclic amines) is 2. The monoisotopic (exact) mass is 371 g/mol. The number of benzene rings is 1. The van der Waals surface area contributed by atoms with Gasteiger partial charge in [-0.15, -0.1) is 0 Å². The summed E-state index contributed by atoms with van der Waals surface area (Å²) in [7, 11) is 0. The molecule has 0 aromatic heterocycles. The molecule has 0 radical (unpaired) electrons. The highest BCUT2D eigenvalue weighted by atomic mass is 16.5. The predicted octanol–water partition coefficient (Wildman–Crippen LogP) is 0.642. The molecule has 1 N–H and O–H groups in total. The summed E-state index contributed by atoms with van der Waals surface area (Å²) in [5.74, 6) is 0.0575. The van der Waals surface area contributed by atoms with E-state index in [-0.39, 0.29) is 30.4 Å². The summed E-state index contributed by atoms with van der Waals surface area (Å²) in [5.41, 5.74) is 0.427. The number of carbonyl (C=O) groups excluding carboxylic acids is 3. The first-order valence-electron chi connectivity index (χ1n) is 9.62. The third-order valence-electron chi connectivity index (χ3n) is 5.90. The van der Waals surface area contributed by atoms with Crippen LogP contribution in [0.2, 0.25) is 0 Å². The molecule has 3 amide bonds. The Bertz CT molecular complexity index is 738. The van der Waals surface area contributed by atoms with Crippen molar-refractivity contribution >= 4 is 17.7 Å². The normalized spacial score (nSPS) is 28.1. The third-order valence-corrected chi connectivity index (χ3v) is 5.90. The van der Waals surface area contributed by atoms with E-state index >= 15 is 0 Å². The number of carbonyl (C=O) groups is 3. The van der Waals surface area contributed by atoms with Crippen LogP contribution in [0.15, 0.2) is 30.3 Å². The Morgan fingerprint density at radius 2 is 2.04 bits per heavy atom. The molecule has 7 nitrogen and oxygen atoms in total. The van der Waals surface area contributed by atoms with Crippen molar-refractivity contribution in [3.8, 4) is 0 Å². The summed E-state index contributed by atoms with van der Waals surface area (Å²) >= 11 is 0. The zero-order valence-electron chi connectivity index (χ0n) is 15.4. The molecule has 3 aliphatic heterocycles. The standard InChI is InChI=1S/C20H25N3O4/c24-17-14-27-16-13-23(19(26)8-11-22-10-4-7-18(22)25)12-9-20(16,21-17)15-5-2-1-3-6-15/h1-3,5-6,16H,4,7-14H2,(H,21,24)/t16-,20+/m1/s1. The minimum atomic E-state index is -0.585. The van der Waals surface area contributed by atoms with Crippen molar-refractivity contribution in [2.75, 3.05) is 32.8 Å². The van der Waals surface area contributed by atoms with E-state index in [1.54, 1.807) is 4.90 Å². The molecular formula is C20H25N3O4. The van der Waals surface area contributed by atoms with E-state index in [1.807, 2.05) is 35.2 Å². The van der Waals surface area contributed by atoms with E-state index in [0.29, 0.717) is 38.9 Å². The van der Waals surface area contributed by atoms with Gasteiger partial charge < -0.3 is 19.9 Å². The van der Waals surface area contributed by atoms with Crippen LogP contribution in [0.25, 0.3) is 0 Å². The molecular weight excluding hydrogens is 346 g/mol. The number of piperidine rings is 1. The quantitative estimate of drug-likeness (QED) is 0.843. The second kappa shape index (κ2) is 7.31. The minimum Gasteiger partial charge on any atom is -0.364 e. The Labute approximate surface area is 158 Å². The molecule has 0 aliphatic carbocycles. The zero-order valence-corrected chi connectivity index (χ0v) is 15.4. The Morgan fingerprint density at radius 3 is 2.78 bits per heavy atom. The van der Waals surface area contributed by atoms with Crippen molar-refractivity contribution in [1.82, 2.24) is 15.1 Å². The number of ether oxygens (including phenoxy) is 1. The van der Waals surface area contributed by atoms with Gasteiger partial charge in [0.05, 0.1) is 5.54 Å².